The fourth-order valence-corrected chi connectivity index (χ4v) is 4.54. The van der Waals surface area contributed by atoms with E-state index in [0.717, 1.165) is 0 Å². The number of fused-ring (bicyclic) bond motifs is 1. The van der Waals surface area contributed by atoms with Gasteiger partial charge in [0.25, 0.3) is 0 Å². The maximum atomic E-state index is 12.1. The zero-order chi connectivity index (χ0) is 34.9. The van der Waals surface area contributed by atoms with Crippen LogP contribution in [-0.4, -0.2) is 202 Å². The molecule has 2 heterocycles. The highest BCUT2D eigenvalue weighted by Crippen LogP contribution is 2.25. The summed E-state index contributed by atoms with van der Waals surface area (Å²) in [4.78, 5) is 12.1. The molecule has 0 saturated carbocycles. The number of rotatable bonds is 37. The highest BCUT2D eigenvalue weighted by atomic mass is 16.6. The lowest BCUT2D eigenvalue weighted by Crippen LogP contribution is -2.45. The molecule has 0 aromatic heterocycles. The molecule has 49 heavy (non-hydrogen) atoms. The quantitative estimate of drug-likeness (QED) is 0.0732. The molecule has 17 nitrogen and oxygen atoms in total. The summed E-state index contributed by atoms with van der Waals surface area (Å²) in [6.45, 7) is 12.2. The molecule has 1 amide bonds. The molecule has 17 heteroatoms. The summed E-state index contributed by atoms with van der Waals surface area (Å²) in [7, 11) is 1.64. The molecule has 0 aromatic carbocycles. The SMILES string of the molecule is COCCOCCOCCOCCOCCOCCOCCOCCOCCOCCOCCOCCC(=O)N[C@H]1CO[C@H]2[C@@H]1OC[C@@H]2N. The lowest BCUT2D eigenvalue weighted by atomic mass is 10.1. The molecule has 2 fully saturated rings. The first-order valence-electron chi connectivity index (χ1n) is 17.3. The van der Waals surface area contributed by atoms with Crippen LogP contribution < -0.4 is 11.1 Å². The summed E-state index contributed by atoms with van der Waals surface area (Å²) < 4.78 is 76.1. The topological polar surface area (TPSA) is 184 Å². The normalized spacial score (nSPS) is 20.3. The molecule has 2 saturated heterocycles. The van der Waals surface area contributed by atoms with Gasteiger partial charge in [-0.15, -0.1) is 0 Å². The van der Waals surface area contributed by atoms with Gasteiger partial charge in [0.15, 0.2) is 0 Å². The number of methoxy groups -OCH3 is 1. The number of nitrogens with one attached hydrogen (secondary N) is 1. The van der Waals surface area contributed by atoms with Gasteiger partial charge >= 0.3 is 0 Å². The smallest absolute Gasteiger partial charge is 0.222 e. The van der Waals surface area contributed by atoms with E-state index in [0.29, 0.717) is 165 Å². The number of carbonyl (C=O) groups excluding carboxylic acids is 1. The minimum atomic E-state index is -0.165. The molecule has 4 atom stereocenters. The molecule has 2 aliphatic rings. The molecule has 2 rings (SSSR count). The van der Waals surface area contributed by atoms with Gasteiger partial charge in [-0.05, 0) is 0 Å². The number of amides is 1. The molecule has 0 unspecified atom stereocenters. The van der Waals surface area contributed by atoms with Gasteiger partial charge in [-0.1, -0.05) is 0 Å². The minimum Gasteiger partial charge on any atom is -0.382 e. The molecule has 0 aliphatic carbocycles. The molecule has 290 valence electrons. The Balaban J connectivity index is 1.15. The first-order valence-corrected chi connectivity index (χ1v) is 17.3. The van der Waals surface area contributed by atoms with Crippen molar-refractivity contribution in [2.75, 3.05) is 172 Å². The number of hydrogen-bond acceptors (Lipinski definition) is 16. The second-order valence-corrected chi connectivity index (χ2v) is 10.9. The predicted molar refractivity (Wildman–Crippen MR) is 175 cm³/mol. The van der Waals surface area contributed by atoms with Crippen molar-refractivity contribution in [1.82, 2.24) is 5.32 Å². The second kappa shape index (κ2) is 32.8. The fourth-order valence-electron chi connectivity index (χ4n) is 4.54. The van der Waals surface area contributed by atoms with E-state index in [-0.39, 0.29) is 36.6 Å². The van der Waals surface area contributed by atoms with Crippen molar-refractivity contribution >= 4 is 5.91 Å². The molecular formula is C32H62N2O15. The first kappa shape index (κ1) is 44.0. The molecule has 3 N–H and O–H groups in total. The van der Waals surface area contributed by atoms with Gasteiger partial charge in [0.05, 0.1) is 177 Å². The van der Waals surface area contributed by atoms with Crippen LogP contribution in [0.4, 0.5) is 0 Å². The summed E-state index contributed by atoms with van der Waals surface area (Å²) in [5, 5.41) is 2.94. The van der Waals surface area contributed by atoms with E-state index >= 15 is 0 Å². The largest absolute Gasteiger partial charge is 0.382 e. The third kappa shape index (κ3) is 24.7. The van der Waals surface area contributed by atoms with Crippen LogP contribution in [0.25, 0.3) is 0 Å². The van der Waals surface area contributed by atoms with E-state index in [2.05, 4.69) is 5.32 Å². The van der Waals surface area contributed by atoms with E-state index in [1.54, 1.807) is 7.11 Å². The van der Waals surface area contributed by atoms with E-state index < -0.39 is 0 Å². The Hall–Kier alpha value is -1.13. The molecule has 0 aromatic rings. The van der Waals surface area contributed by atoms with Crippen molar-refractivity contribution < 1.29 is 71.1 Å². The molecule has 0 bridgehead atoms. The minimum absolute atomic E-state index is 0.0971. The number of hydrogen-bond donors (Lipinski definition) is 2. The average Bonchev–Trinajstić information content (AvgIpc) is 3.68. The van der Waals surface area contributed by atoms with Crippen LogP contribution in [-0.2, 0) is 71.1 Å². The Kier molecular flexibility index (Phi) is 29.4. The Morgan fingerprint density at radius 2 is 0.796 bits per heavy atom. The van der Waals surface area contributed by atoms with E-state index in [1.807, 2.05) is 0 Å². The molecule has 2 aliphatic heterocycles. The van der Waals surface area contributed by atoms with Crippen LogP contribution in [0.2, 0.25) is 0 Å². The zero-order valence-corrected chi connectivity index (χ0v) is 29.4. The van der Waals surface area contributed by atoms with Crippen molar-refractivity contribution in [3.05, 3.63) is 0 Å². The van der Waals surface area contributed by atoms with Crippen molar-refractivity contribution in [1.29, 1.82) is 0 Å². The van der Waals surface area contributed by atoms with E-state index in [1.165, 1.54) is 0 Å². The fraction of sp³-hybridized carbons (Fsp3) is 0.969. The molecular weight excluding hydrogens is 652 g/mol. The van der Waals surface area contributed by atoms with Crippen LogP contribution in [0.1, 0.15) is 6.42 Å². The van der Waals surface area contributed by atoms with Gasteiger partial charge in [0, 0.05) is 13.5 Å². The Bertz CT molecular complexity index is 745. The van der Waals surface area contributed by atoms with Crippen LogP contribution in [0, 0.1) is 0 Å². The number of ether oxygens (including phenoxy) is 14. The van der Waals surface area contributed by atoms with Crippen LogP contribution in [0.5, 0.6) is 0 Å². The van der Waals surface area contributed by atoms with Gasteiger partial charge in [0.1, 0.15) is 12.2 Å². The maximum Gasteiger partial charge on any atom is 0.222 e. The number of nitrogens with two attached hydrogens (primary N) is 1. The predicted octanol–water partition coefficient (Wildman–Crippen LogP) is -1.18. The standard InChI is InChI=1S/C32H62N2O15/c1-36-4-5-38-8-9-40-12-13-42-16-17-44-20-21-46-24-25-47-23-22-45-19-18-43-15-14-41-11-10-39-7-6-37-3-2-30(35)34-29-27-49-31-28(33)26-48-32(29)31/h28-29,31-32H,2-27,33H2,1H3,(H,34,35)/t28-,29-,31+,32+/m0/s1. The van der Waals surface area contributed by atoms with Crippen molar-refractivity contribution in [3.63, 3.8) is 0 Å². The van der Waals surface area contributed by atoms with Gasteiger partial charge in [-0.3, -0.25) is 4.79 Å². The third-order valence-electron chi connectivity index (χ3n) is 7.06. The summed E-state index contributed by atoms with van der Waals surface area (Å²) in [6, 6.07) is -0.293. The molecule has 0 radical (unpaired) electrons. The van der Waals surface area contributed by atoms with Crippen LogP contribution in [0.3, 0.4) is 0 Å². The Labute approximate surface area is 291 Å². The average molecular weight is 715 g/mol. The van der Waals surface area contributed by atoms with Gasteiger partial charge in [0.2, 0.25) is 5.91 Å². The van der Waals surface area contributed by atoms with Gasteiger partial charge in [-0.2, -0.15) is 0 Å². The highest BCUT2D eigenvalue weighted by Gasteiger charge is 2.46. The summed E-state index contributed by atoms with van der Waals surface area (Å²) in [6.07, 6.45) is -0.0404. The van der Waals surface area contributed by atoms with Crippen molar-refractivity contribution in [3.8, 4) is 0 Å². The van der Waals surface area contributed by atoms with E-state index in [4.69, 9.17) is 72.0 Å². The van der Waals surface area contributed by atoms with Crippen LogP contribution >= 0.6 is 0 Å². The first-order chi connectivity index (χ1) is 24.2. The maximum absolute atomic E-state index is 12.1. The Morgan fingerprint density at radius 3 is 1.14 bits per heavy atom. The summed E-state index contributed by atoms with van der Waals surface area (Å²) in [5.74, 6) is -0.0971. The summed E-state index contributed by atoms with van der Waals surface area (Å²) in [5.41, 5.74) is 5.93. The van der Waals surface area contributed by atoms with Gasteiger partial charge < -0.3 is 77.4 Å². The van der Waals surface area contributed by atoms with Crippen LogP contribution in [0.15, 0.2) is 0 Å². The van der Waals surface area contributed by atoms with Crippen molar-refractivity contribution in [2.45, 2.75) is 30.7 Å². The Morgan fingerprint density at radius 1 is 0.490 bits per heavy atom. The zero-order valence-electron chi connectivity index (χ0n) is 29.4. The second-order valence-electron chi connectivity index (χ2n) is 10.9. The number of carbonyl (C=O) groups is 1. The summed E-state index contributed by atoms with van der Waals surface area (Å²) >= 11 is 0. The van der Waals surface area contributed by atoms with Crippen molar-refractivity contribution in [2.24, 2.45) is 5.73 Å². The molecule has 0 spiro atoms. The lowest BCUT2D eigenvalue weighted by molar-refractivity contribution is -0.123. The third-order valence-corrected chi connectivity index (χ3v) is 7.06. The highest BCUT2D eigenvalue weighted by molar-refractivity contribution is 5.76. The van der Waals surface area contributed by atoms with Gasteiger partial charge in [-0.25, -0.2) is 0 Å². The monoisotopic (exact) mass is 714 g/mol. The lowest BCUT2D eigenvalue weighted by Gasteiger charge is -2.17. The van der Waals surface area contributed by atoms with E-state index in [9.17, 15) is 4.79 Å².